The molecule has 0 saturated heterocycles. The number of amides is 1. The molecular formula is C25H22N2O3S. The summed E-state index contributed by atoms with van der Waals surface area (Å²) in [7, 11) is 1.57. The number of aryl methyl sites for hydroxylation is 1. The number of hydrogen-bond acceptors (Lipinski definition) is 5. The average Bonchev–Trinajstić information content (AvgIpc) is 3.20. The fourth-order valence-electron chi connectivity index (χ4n) is 3.01. The van der Waals surface area contributed by atoms with Gasteiger partial charge in [-0.05, 0) is 72.7 Å². The van der Waals surface area contributed by atoms with Gasteiger partial charge in [0.15, 0.2) is 6.79 Å². The van der Waals surface area contributed by atoms with Crippen LogP contribution in [0.2, 0.25) is 0 Å². The normalized spacial score (nSPS) is 11.2. The molecule has 0 aliphatic carbocycles. The molecule has 0 atom stereocenters. The summed E-state index contributed by atoms with van der Waals surface area (Å²) in [5.41, 5.74) is 4.90. The average molecular weight is 431 g/mol. The van der Waals surface area contributed by atoms with Gasteiger partial charge in [0.25, 0.3) is 0 Å². The number of carbonyl (C=O) groups excluding carboxylic acids is 1. The van der Waals surface area contributed by atoms with Gasteiger partial charge in [-0.1, -0.05) is 18.2 Å². The number of aromatic nitrogens is 1. The monoisotopic (exact) mass is 430 g/mol. The number of methoxy groups -OCH3 is 1. The topological polar surface area (TPSA) is 60.5 Å². The van der Waals surface area contributed by atoms with Crippen molar-refractivity contribution < 1.29 is 14.3 Å². The van der Waals surface area contributed by atoms with Crippen LogP contribution in [0.25, 0.3) is 26.9 Å². The van der Waals surface area contributed by atoms with Crippen LogP contribution in [-0.2, 0) is 9.53 Å². The molecule has 1 aromatic heterocycles. The number of thiazole rings is 1. The summed E-state index contributed by atoms with van der Waals surface area (Å²) in [6, 6.07) is 21.4. The Morgan fingerprint density at radius 2 is 1.84 bits per heavy atom. The fourth-order valence-corrected chi connectivity index (χ4v) is 4.08. The van der Waals surface area contributed by atoms with Crippen molar-refractivity contribution >= 4 is 39.2 Å². The number of carbonyl (C=O) groups is 1. The molecule has 0 fully saturated rings. The third kappa shape index (κ3) is 5.36. The minimum absolute atomic E-state index is 0.192. The van der Waals surface area contributed by atoms with Crippen molar-refractivity contribution in [2.75, 3.05) is 19.2 Å². The molecule has 1 N–H and O–H groups in total. The number of nitrogens with one attached hydrogen (secondary N) is 1. The van der Waals surface area contributed by atoms with E-state index in [9.17, 15) is 4.79 Å². The van der Waals surface area contributed by atoms with Crippen LogP contribution in [0.3, 0.4) is 0 Å². The second kappa shape index (κ2) is 9.55. The number of rotatable bonds is 7. The standard InChI is InChI=1S/C25H22N2O3S/c1-17-3-13-22-23(15-17)31-25(27-22)19-7-9-20(10-8-19)26-24(28)14-6-18-4-11-21(12-5-18)30-16-29-2/h3-15H,16H2,1-2H3,(H,26,28)/b14-6+. The summed E-state index contributed by atoms with van der Waals surface area (Å²) in [4.78, 5) is 17.0. The Balaban J connectivity index is 1.37. The number of ether oxygens (including phenoxy) is 2. The van der Waals surface area contributed by atoms with Crippen LogP contribution >= 0.6 is 11.3 Å². The van der Waals surface area contributed by atoms with Gasteiger partial charge in [0.2, 0.25) is 5.91 Å². The van der Waals surface area contributed by atoms with E-state index < -0.39 is 0 Å². The van der Waals surface area contributed by atoms with Gasteiger partial charge < -0.3 is 14.8 Å². The van der Waals surface area contributed by atoms with Crippen LogP contribution in [0.15, 0.2) is 72.8 Å². The molecule has 1 heterocycles. The van der Waals surface area contributed by atoms with E-state index in [0.717, 1.165) is 27.3 Å². The van der Waals surface area contributed by atoms with Crippen molar-refractivity contribution in [3.05, 3.63) is 83.9 Å². The molecule has 5 nitrogen and oxygen atoms in total. The summed E-state index contributed by atoms with van der Waals surface area (Å²) in [5, 5.41) is 3.85. The van der Waals surface area contributed by atoms with E-state index in [1.165, 1.54) is 16.3 Å². The molecule has 0 saturated carbocycles. The molecule has 4 rings (SSSR count). The first-order valence-electron chi connectivity index (χ1n) is 9.79. The number of benzene rings is 3. The van der Waals surface area contributed by atoms with Crippen LogP contribution < -0.4 is 10.1 Å². The molecule has 156 valence electrons. The minimum Gasteiger partial charge on any atom is -0.468 e. The molecular weight excluding hydrogens is 408 g/mol. The van der Waals surface area contributed by atoms with Crippen LogP contribution in [0.5, 0.6) is 5.75 Å². The maximum absolute atomic E-state index is 12.2. The predicted molar refractivity (Wildman–Crippen MR) is 126 cm³/mol. The maximum atomic E-state index is 12.2. The van der Waals surface area contributed by atoms with Crippen LogP contribution in [0.4, 0.5) is 5.69 Å². The van der Waals surface area contributed by atoms with Crippen molar-refractivity contribution in [1.82, 2.24) is 4.98 Å². The second-order valence-electron chi connectivity index (χ2n) is 7.01. The lowest BCUT2D eigenvalue weighted by Crippen LogP contribution is -2.07. The fraction of sp³-hybridized carbons (Fsp3) is 0.120. The Kier molecular flexibility index (Phi) is 6.40. The second-order valence-corrected chi connectivity index (χ2v) is 8.04. The lowest BCUT2D eigenvalue weighted by Gasteiger charge is -2.04. The Morgan fingerprint density at radius 3 is 2.58 bits per heavy atom. The van der Waals surface area contributed by atoms with Gasteiger partial charge in [-0.3, -0.25) is 4.79 Å². The summed E-state index contributed by atoms with van der Waals surface area (Å²) in [5.74, 6) is 0.523. The van der Waals surface area contributed by atoms with Gasteiger partial charge in [-0.25, -0.2) is 4.98 Å². The predicted octanol–water partition coefficient (Wildman–Crippen LogP) is 5.91. The highest BCUT2D eigenvalue weighted by Crippen LogP contribution is 2.31. The molecule has 1 amide bonds. The number of anilines is 1. The molecule has 0 unspecified atom stereocenters. The first kappa shape index (κ1) is 20.8. The van der Waals surface area contributed by atoms with Gasteiger partial charge in [-0.2, -0.15) is 0 Å². The number of fused-ring (bicyclic) bond motifs is 1. The quantitative estimate of drug-likeness (QED) is 0.293. The van der Waals surface area contributed by atoms with Crippen LogP contribution in [-0.4, -0.2) is 24.8 Å². The smallest absolute Gasteiger partial charge is 0.248 e. The Morgan fingerprint density at radius 1 is 1.06 bits per heavy atom. The molecule has 0 spiro atoms. The Labute approximate surface area is 185 Å². The van der Waals surface area contributed by atoms with E-state index in [-0.39, 0.29) is 12.7 Å². The molecule has 0 bridgehead atoms. The molecule has 31 heavy (non-hydrogen) atoms. The summed E-state index contributed by atoms with van der Waals surface area (Å²) < 4.78 is 11.4. The molecule has 3 aromatic carbocycles. The van der Waals surface area contributed by atoms with Crippen molar-refractivity contribution in [3.63, 3.8) is 0 Å². The van der Waals surface area contributed by atoms with E-state index in [0.29, 0.717) is 5.75 Å². The highest BCUT2D eigenvalue weighted by molar-refractivity contribution is 7.21. The van der Waals surface area contributed by atoms with Gasteiger partial charge >= 0.3 is 0 Å². The lowest BCUT2D eigenvalue weighted by molar-refractivity contribution is -0.111. The van der Waals surface area contributed by atoms with Crippen LogP contribution in [0, 0.1) is 6.92 Å². The van der Waals surface area contributed by atoms with E-state index in [4.69, 9.17) is 14.5 Å². The molecule has 6 heteroatoms. The molecule has 4 aromatic rings. The van der Waals surface area contributed by atoms with E-state index in [1.807, 2.05) is 54.6 Å². The SMILES string of the molecule is COCOc1ccc(/C=C/C(=O)Nc2ccc(-c3nc4ccc(C)cc4s3)cc2)cc1. The summed E-state index contributed by atoms with van der Waals surface area (Å²) >= 11 is 1.67. The van der Waals surface area contributed by atoms with Gasteiger partial charge in [0.1, 0.15) is 10.8 Å². The zero-order valence-corrected chi connectivity index (χ0v) is 18.1. The first-order chi connectivity index (χ1) is 15.1. The highest BCUT2D eigenvalue weighted by atomic mass is 32.1. The highest BCUT2D eigenvalue weighted by Gasteiger charge is 2.07. The van der Waals surface area contributed by atoms with Gasteiger partial charge in [0.05, 0.1) is 10.2 Å². The van der Waals surface area contributed by atoms with Gasteiger partial charge in [0, 0.05) is 24.4 Å². The van der Waals surface area contributed by atoms with E-state index in [2.05, 4.69) is 24.4 Å². The van der Waals surface area contributed by atoms with Crippen molar-refractivity contribution in [2.45, 2.75) is 6.92 Å². The zero-order valence-electron chi connectivity index (χ0n) is 17.3. The number of hydrogen-bond donors (Lipinski definition) is 1. The van der Waals surface area contributed by atoms with Gasteiger partial charge in [-0.15, -0.1) is 11.3 Å². The maximum Gasteiger partial charge on any atom is 0.248 e. The van der Waals surface area contributed by atoms with Crippen molar-refractivity contribution in [1.29, 1.82) is 0 Å². The zero-order chi connectivity index (χ0) is 21.6. The Bertz CT molecular complexity index is 1210. The van der Waals surface area contributed by atoms with E-state index >= 15 is 0 Å². The van der Waals surface area contributed by atoms with E-state index in [1.54, 1.807) is 24.5 Å². The minimum atomic E-state index is -0.192. The summed E-state index contributed by atoms with van der Waals surface area (Å²) in [6.45, 7) is 2.28. The first-order valence-corrected chi connectivity index (χ1v) is 10.6. The Hall–Kier alpha value is -3.48. The summed E-state index contributed by atoms with van der Waals surface area (Å²) in [6.07, 6.45) is 3.27. The molecule has 0 aliphatic rings. The van der Waals surface area contributed by atoms with Crippen LogP contribution in [0.1, 0.15) is 11.1 Å². The third-order valence-corrected chi connectivity index (χ3v) is 5.66. The van der Waals surface area contributed by atoms with Crippen molar-refractivity contribution in [2.24, 2.45) is 0 Å². The molecule has 0 aliphatic heterocycles. The largest absolute Gasteiger partial charge is 0.468 e. The third-order valence-electron chi connectivity index (χ3n) is 4.59. The molecule has 0 radical (unpaired) electrons. The lowest BCUT2D eigenvalue weighted by atomic mass is 10.2. The number of nitrogens with zero attached hydrogens (tertiary/aromatic N) is 1. The van der Waals surface area contributed by atoms with Crippen molar-refractivity contribution in [3.8, 4) is 16.3 Å².